The summed E-state index contributed by atoms with van der Waals surface area (Å²) in [5, 5.41) is 0. The minimum Gasteiger partial charge on any atom is -0.726 e. The average Bonchev–Trinajstić information content (AvgIpc) is 3.09. The van der Waals surface area contributed by atoms with E-state index < -0.39 is 10.4 Å². The first-order chi connectivity index (χ1) is 23.7. The first kappa shape index (κ1) is 48.8. The van der Waals surface area contributed by atoms with E-state index in [9.17, 15) is 13.0 Å². The third-order valence-electron chi connectivity index (χ3n) is 11.7. The van der Waals surface area contributed by atoms with E-state index in [1.54, 1.807) is 0 Å². The zero-order valence-corrected chi connectivity index (χ0v) is 34.9. The lowest BCUT2D eigenvalue weighted by molar-refractivity contribution is -1.03. The van der Waals surface area contributed by atoms with Crippen molar-refractivity contribution in [1.29, 1.82) is 0 Å². The SMILES string of the molecule is CCCCCCCCCCCCCCCC[N+]1(CC)CC[N+](CC)(CCCCCCCCCCCCCCCC)CC1.CCOS(=O)(=O)[O-]. The minimum atomic E-state index is -4.42. The third-order valence-corrected chi connectivity index (χ3v) is 12.2. The van der Waals surface area contributed by atoms with Crippen LogP contribution in [0.3, 0.4) is 0 Å². The van der Waals surface area contributed by atoms with E-state index in [0.717, 1.165) is 0 Å². The predicted molar refractivity (Wildman–Crippen MR) is 213 cm³/mol. The summed E-state index contributed by atoms with van der Waals surface area (Å²) < 4.78 is 34.9. The van der Waals surface area contributed by atoms with E-state index in [4.69, 9.17) is 0 Å². The van der Waals surface area contributed by atoms with Gasteiger partial charge in [-0.1, -0.05) is 168 Å². The number of likely N-dealkylation sites (N-methyl/N-ethyl adjacent to an activating group) is 2. The highest BCUT2D eigenvalue weighted by atomic mass is 32.3. The highest BCUT2D eigenvalue weighted by Crippen LogP contribution is 2.23. The van der Waals surface area contributed by atoms with Gasteiger partial charge in [-0.3, -0.25) is 4.18 Å². The Morgan fingerprint density at radius 3 is 0.796 bits per heavy atom. The summed E-state index contributed by atoms with van der Waals surface area (Å²) in [6.07, 6.45) is 41.1. The molecule has 0 aliphatic carbocycles. The number of nitrogens with zero attached hydrogens (tertiary/aromatic N) is 2. The molecule has 0 amide bonds. The van der Waals surface area contributed by atoms with Gasteiger partial charge in [-0.25, -0.2) is 8.42 Å². The number of quaternary nitrogens is 2. The van der Waals surface area contributed by atoms with Crippen LogP contribution in [0, 0.1) is 0 Å². The average molecular weight is 718 g/mol. The summed E-state index contributed by atoms with van der Waals surface area (Å²) >= 11 is 0. The molecule has 0 bridgehead atoms. The molecule has 0 spiro atoms. The van der Waals surface area contributed by atoms with Gasteiger partial charge in [0.25, 0.3) is 0 Å². The molecule has 0 unspecified atom stereocenters. The second-order valence-electron chi connectivity index (χ2n) is 15.7. The van der Waals surface area contributed by atoms with Crippen LogP contribution in [0.25, 0.3) is 0 Å². The molecule has 49 heavy (non-hydrogen) atoms. The van der Waals surface area contributed by atoms with Crippen LogP contribution in [0.5, 0.6) is 0 Å². The largest absolute Gasteiger partial charge is 0.726 e. The maximum atomic E-state index is 9.45. The Morgan fingerprint density at radius 2 is 0.633 bits per heavy atom. The summed E-state index contributed by atoms with van der Waals surface area (Å²) in [5.41, 5.74) is 0. The first-order valence-electron chi connectivity index (χ1n) is 22.0. The van der Waals surface area contributed by atoms with Gasteiger partial charge in [-0.05, 0) is 46.5 Å². The molecule has 0 aromatic carbocycles. The van der Waals surface area contributed by atoms with Gasteiger partial charge in [0.15, 0.2) is 0 Å². The zero-order valence-electron chi connectivity index (χ0n) is 34.1. The maximum Gasteiger partial charge on any atom is 0.217 e. The normalized spacial score (nSPS) is 19.6. The van der Waals surface area contributed by atoms with Crippen molar-refractivity contribution in [2.75, 3.05) is 59.0 Å². The van der Waals surface area contributed by atoms with Crippen LogP contribution in [0.4, 0.5) is 0 Å². The molecule has 0 aromatic rings. The second kappa shape index (κ2) is 33.6. The van der Waals surface area contributed by atoms with Crippen molar-refractivity contribution in [2.45, 2.75) is 214 Å². The smallest absolute Gasteiger partial charge is 0.217 e. The Labute approximate surface area is 309 Å². The number of hydrogen-bond acceptors (Lipinski definition) is 4. The molecule has 6 nitrogen and oxygen atoms in total. The van der Waals surface area contributed by atoms with E-state index in [1.807, 2.05) is 0 Å². The van der Waals surface area contributed by atoms with Crippen LogP contribution in [0.15, 0.2) is 0 Å². The van der Waals surface area contributed by atoms with Gasteiger partial charge in [-0.2, -0.15) is 0 Å². The van der Waals surface area contributed by atoms with Crippen molar-refractivity contribution in [2.24, 2.45) is 0 Å². The topological polar surface area (TPSA) is 66.4 Å². The van der Waals surface area contributed by atoms with E-state index in [0.29, 0.717) is 0 Å². The maximum absolute atomic E-state index is 9.45. The third kappa shape index (κ3) is 30.0. The fourth-order valence-corrected chi connectivity index (χ4v) is 8.18. The van der Waals surface area contributed by atoms with Crippen LogP contribution < -0.4 is 0 Å². The van der Waals surface area contributed by atoms with Gasteiger partial charge in [0.1, 0.15) is 26.2 Å². The number of piperazine rings is 1. The van der Waals surface area contributed by atoms with Crippen molar-refractivity contribution < 1.29 is 26.1 Å². The quantitative estimate of drug-likeness (QED) is 0.0288. The lowest BCUT2D eigenvalue weighted by atomic mass is 10.0. The van der Waals surface area contributed by atoms with Crippen molar-refractivity contribution >= 4 is 10.4 Å². The van der Waals surface area contributed by atoms with Gasteiger partial charge in [0.05, 0.1) is 32.8 Å². The highest BCUT2D eigenvalue weighted by molar-refractivity contribution is 7.80. The summed E-state index contributed by atoms with van der Waals surface area (Å²) in [6.45, 7) is 22.3. The molecule has 0 saturated carbocycles. The highest BCUT2D eigenvalue weighted by Gasteiger charge is 2.39. The summed E-state index contributed by atoms with van der Waals surface area (Å²) in [4.78, 5) is 0. The van der Waals surface area contributed by atoms with E-state index >= 15 is 0 Å². The summed E-state index contributed by atoms with van der Waals surface area (Å²) in [6, 6.07) is 0. The van der Waals surface area contributed by atoms with Crippen LogP contribution >= 0.6 is 0 Å². The van der Waals surface area contributed by atoms with Crippen LogP contribution in [-0.2, 0) is 14.6 Å². The van der Waals surface area contributed by atoms with Crippen LogP contribution in [0.2, 0.25) is 0 Å². The minimum absolute atomic E-state index is 0.0914. The van der Waals surface area contributed by atoms with Gasteiger partial charge in [-0.15, -0.1) is 0 Å². The number of rotatable bonds is 34. The molecular formula is C42H89N2O4S+. The van der Waals surface area contributed by atoms with Gasteiger partial charge in [0.2, 0.25) is 10.4 Å². The summed E-state index contributed by atoms with van der Waals surface area (Å²) in [7, 11) is -4.42. The molecule has 1 fully saturated rings. The second-order valence-corrected chi connectivity index (χ2v) is 16.7. The Balaban J connectivity index is 0.00000295. The van der Waals surface area contributed by atoms with Crippen LogP contribution in [0.1, 0.15) is 214 Å². The standard InChI is InChI=1S/C40H84N2.C2H6O4S/c1-5-9-11-13-15-17-19-21-23-25-27-29-31-33-35-41(7-3)37-39-42(8-4,40-38-41)36-34-32-30-28-26-24-22-20-18-16-14-12-10-6-2;1-2-6-7(3,4)5/h5-40H2,1-4H3;2H2,1H3,(H,3,4,5)/q+2;/p-1. The molecule has 1 saturated heterocycles. The van der Waals surface area contributed by atoms with E-state index in [1.165, 1.54) is 248 Å². The molecule has 0 radical (unpaired) electrons. The molecule has 1 heterocycles. The van der Waals surface area contributed by atoms with Crippen LogP contribution in [-0.4, -0.2) is 80.9 Å². The summed E-state index contributed by atoms with van der Waals surface area (Å²) in [5.74, 6) is 0. The Bertz CT molecular complexity index is 736. The van der Waals surface area contributed by atoms with Gasteiger partial charge in [0, 0.05) is 0 Å². The Hall–Kier alpha value is -0.210. The molecule has 1 rings (SSSR count). The zero-order chi connectivity index (χ0) is 36.4. The lowest BCUT2D eigenvalue weighted by Crippen LogP contribution is -2.67. The molecule has 7 heteroatoms. The first-order valence-corrected chi connectivity index (χ1v) is 23.4. The molecule has 1 aliphatic heterocycles. The lowest BCUT2D eigenvalue weighted by Gasteiger charge is -2.49. The number of unbranched alkanes of at least 4 members (excludes halogenated alkanes) is 26. The Morgan fingerprint density at radius 1 is 0.408 bits per heavy atom. The molecule has 0 atom stereocenters. The predicted octanol–water partition coefficient (Wildman–Crippen LogP) is 12.1. The molecule has 0 aromatic heterocycles. The monoisotopic (exact) mass is 718 g/mol. The van der Waals surface area contributed by atoms with Gasteiger partial charge < -0.3 is 13.5 Å². The molecular weight excluding hydrogens is 629 g/mol. The van der Waals surface area contributed by atoms with E-state index in [-0.39, 0.29) is 6.61 Å². The fraction of sp³-hybridized carbons (Fsp3) is 1.00. The van der Waals surface area contributed by atoms with E-state index in [2.05, 4.69) is 31.9 Å². The van der Waals surface area contributed by atoms with Crippen molar-refractivity contribution in [3.63, 3.8) is 0 Å². The molecule has 1 aliphatic rings. The van der Waals surface area contributed by atoms with Gasteiger partial charge >= 0.3 is 0 Å². The molecule has 0 N–H and O–H groups in total. The van der Waals surface area contributed by atoms with Crippen molar-refractivity contribution in [3.05, 3.63) is 0 Å². The fourth-order valence-electron chi connectivity index (χ4n) is 7.90. The number of hydrogen-bond donors (Lipinski definition) is 0. The van der Waals surface area contributed by atoms with Crippen molar-refractivity contribution in [1.82, 2.24) is 0 Å². The Kier molecular flexibility index (Phi) is 33.5. The molecule has 296 valence electrons. The van der Waals surface area contributed by atoms with Crippen molar-refractivity contribution in [3.8, 4) is 0 Å².